The van der Waals surface area contributed by atoms with Crippen LogP contribution in [0.3, 0.4) is 0 Å². The van der Waals surface area contributed by atoms with Crippen LogP contribution in [0.5, 0.6) is 11.5 Å². The summed E-state index contributed by atoms with van der Waals surface area (Å²) in [5, 5.41) is 0. The molecule has 98 valence electrons. The van der Waals surface area contributed by atoms with Crippen LogP contribution in [0.15, 0.2) is 18.2 Å². The monoisotopic (exact) mass is 336 g/mol. The predicted molar refractivity (Wildman–Crippen MR) is 58.0 cm³/mol. The van der Waals surface area contributed by atoms with E-state index in [0.29, 0.717) is 12.5 Å². The summed E-state index contributed by atoms with van der Waals surface area (Å²) >= 11 is 0. The summed E-state index contributed by atoms with van der Waals surface area (Å²) in [5.74, 6) is 0.237. The summed E-state index contributed by atoms with van der Waals surface area (Å²) in [5.41, 5.74) is 0. The normalized spacial score (nSPS) is 10.3. The molecule has 0 N–H and O–H groups in total. The van der Waals surface area contributed by atoms with Crippen LogP contribution >= 0.6 is 0 Å². The molecular formula is C11H12BrF3MgO2. The van der Waals surface area contributed by atoms with Crippen molar-refractivity contribution in [3.63, 3.8) is 0 Å². The van der Waals surface area contributed by atoms with Gasteiger partial charge in [-0.3, -0.25) is 0 Å². The summed E-state index contributed by atoms with van der Waals surface area (Å²) in [6.07, 6.45) is -4.68. The molecule has 18 heavy (non-hydrogen) atoms. The summed E-state index contributed by atoms with van der Waals surface area (Å²) in [7, 11) is 0. The maximum Gasteiger partial charge on any atom is 2.00 e. The minimum absolute atomic E-state index is 0. The van der Waals surface area contributed by atoms with E-state index in [4.69, 9.17) is 4.74 Å². The Morgan fingerprint density at radius 3 is 2.44 bits per heavy atom. The van der Waals surface area contributed by atoms with Crippen molar-refractivity contribution in [1.29, 1.82) is 0 Å². The smallest absolute Gasteiger partial charge is 1.00 e. The van der Waals surface area contributed by atoms with Gasteiger partial charge in [-0.15, -0.1) is 25.3 Å². The first-order valence-electron chi connectivity index (χ1n) is 4.77. The molecule has 7 heteroatoms. The van der Waals surface area contributed by atoms with Crippen molar-refractivity contribution in [2.75, 3.05) is 6.61 Å². The van der Waals surface area contributed by atoms with Gasteiger partial charge in [0.25, 0.3) is 0 Å². The minimum Gasteiger partial charge on any atom is -1.00 e. The Bertz CT molecular complexity index is 345. The molecule has 0 saturated carbocycles. The van der Waals surface area contributed by atoms with Crippen molar-refractivity contribution in [1.82, 2.24) is 0 Å². The standard InChI is InChI=1S/C11H12F3O2.BrH.Mg/c1-8(2)7-15-9-4-3-5-10(6-9)16-11(12,13)14;;/h3,5-6,8H,7H2,1-2H3;1H;/q-1;;+2/p-1. The zero-order valence-corrected chi connectivity index (χ0v) is 13.1. The molecule has 2 nitrogen and oxygen atoms in total. The van der Waals surface area contributed by atoms with Crippen LogP contribution in [-0.2, 0) is 0 Å². The molecule has 0 aliphatic carbocycles. The van der Waals surface area contributed by atoms with E-state index in [0.717, 1.165) is 6.07 Å². The van der Waals surface area contributed by atoms with Gasteiger partial charge in [-0.1, -0.05) is 19.9 Å². The maximum absolute atomic E-state index is 11.9. The second-order valence-electron chi connectivity index (χ2n) is 3.64. The summed E-state index contributed by atoms with van der Waals surface area (Å²) < 4.78 is 44.7. The summed E-state index contributed by atoms with van der Waals surface area (Å²) in [6, 6.07) is 6.35. The molecule has 1 aromatic carbocycles. The quantitative estimate of drug-likeness (QED) is 0.571. The molecule has 0 saturated heterocycles. The van der Waals surface area contributed by atoms with Gasteiger partial charge in [-0.2, -0.15) is 6.07 Å². The van der Waals surface area contributed by atoms with E-state index in [2.05, 4.69) is 10.8 Å². The largest absolute Gasteiger partial charge is 2.00 e. The van der Waals surface area contributed by atoms with Crippen molar-refractivity contribution in [2.24, 2.45) is 5.92 Å². The van der Waals surface area contributed by atoms with Crippen molar-refractivity contribution in [3.05, 3.63) is 24.3 Å². The van der Waals surface area contributed by atoms with Crippen LogP contribution in [0.25, 0.3) is 0 Å². The average molecular weight is 337 g/mol. The molecule has 0 fully saturated rings. The van der Waals surface area contributed by atoms with Crippen LogP contribution in [0.4, 0.5) is 13.2 Å². The maximum atomic E-state index is 11.9. The molecule has 0 amide bonds. The third-order valence-electron chi connectivity index (χ3n) is 1.55. The topological polar surface area (TPSA) is 18.5 Å². The number of alkyl halides is 3. The van der Waals surface area contributed by atoms with Crippen molar-refractivity contribution in [3.8, 4) is 11.5 Å². The number of halogens is 4. The number of hydrogen-bond donors (Lipinski definition) is 0. The number of ether oxygens (including phenoxy) is 2. The van der Waals surface area contributed by atoms with Gasteiger partial charge in [0.05, 0.1) is 6.61 Å². The molecular weight excluding hydrogens is 325 g/mol. The first-order valence-corrected chi connectivity index (χ1v) is 4.77. The van der Waals surface area contributed by atoms with Crippen LogP contribution < -0.4 is 26.5 Å². The molecule has 0 heterocycles. The van der Waals surface area contributed by atoms with E-state index in [9.17, 15) is 13.2 Å². The van der Waals surface area contributed by atoms with Gasteiger partial charge >= 0.3 is 29.4 Å². The minimum atomic E-state index is -4.68. The third kappa shape index (κ3) is 8.88. The van der Waals surface area contributed by atoms with E-state index >= 15 is 0 Å². The van der Waals surface area contributed by atoms with Crippen molar-refractivity contribution < 1.29 is 39.6 Å². The fraction of sp³-hybridized carbons (Fsp3) is 0.455. The average Bonchev–Trinajstić information content (AvgIpc) is 2.12. The molecule has 0 bridgehead atoms. The second-order valence-corrected chi connectivity index (χ2v) is 3.64. The molecule has 0 aromatic heterocycles. The summed E-state index contributed by atoms with van der Waals surface area (Å²) in [6.45, 7) is 4.30. The fourth-order valence-corrected chi connectivity index (χ4v) is 0.962. The first kappa shape index (κ1) is 20.2. The molecule has 1 rings (SSSR count). The van der Waals surface area contributed by atoms with Gasteiger partial charge < -0.3 is 26.5 Å². The fourth-order valence-electron chi connectivity index (χ4n) is 0.962. The number of hydrogen-bond acceptors (Lipinski definition) is 2. The Labute approximate surface area is 131 Å². The molecule has 1 aromatic rings. The Hall–Kier alpha value is -0.144. The van der Waals surface area contributed by atoms with Gasteiger partial charge in [0.2, 0.25) is 0 Å². The van der Waals surface area contributed by atoms with Crippen LogP contribution in [0.1, 0.15) is 13.8 Å². The van der Waals surface area contributed by atoms with Gasteiger partial charge in [0.1, 0.15) is 0 Å². The van der Waals surface area contributed by atoms with E-state index in [1.54, 1.807) is 0 Å². The Kier molecular flexibility index (Phi) is 9.95. The third-order valence-corrected chi connectivity index (χ3v) is 1.55. The molecule has 0 unspecified atom stereocenters. The Morgan fingerprint density at radius 1 is 1.33 bits per heavy atom. The molecule has 0 atom stereocenters. The number of rotatable bonds is 4. The Morgan fingerprint density at radius 2 is 1.94 bits per heavy atom. The second kappa shape index (κ2) is 8.87. The van der Waals surface area contributed by atoms with Crippen LogP contribution in [0, 0.1) is 12.0 Å². The molecule has 0 radical (unpaired) electrons. The SMILES string of the molecule is CC(C)COc1[c-]ccc(OC(F)(F)F)c1.[Br-].[Mg+2]. The zero-order chi connectivity index (χ0) is 12.2. The first-order chi connectivity index (χ1) is 7.37. The van der Waals surface area contributed by atoms with Crippen LogP contribution in [0.2, 0.25) is 0 Å². The molecule has 0 aliphatic heterocycles. The molecule has 0 spiro atoms. The van der Waals surface area contributed by atoms with Gasteiger partial charge in [-0.05, 0) is 5.92 Å². The van der Waals surface area contributed by atoms with Crippen molar-refractivity contribution >= 4 is 23.1 Å². The molecule has 0 aliphatic rings. The predicted octanol–water partition coefficient (Wildman–Crippen LogP) is 0.0434. The van der Waals surface area contributed by atoms with E-state index in [1.165, 1.54) is 12.1 Å². The van der Waals surface area contributed by atoms with E-state index in [-0.39, 0.29) is 51.5 Å². The van der Waals surface area contributed by atoms with Crippen molar-refractivity contribution in [2.45, 2.75) is 20.2 Å². The van der Waals surface area contributed by atoms with E-state index in [1.807, 2.05) is 13.8 Å². The van der Waals surface area contributed by atoms with E-state index < -0.39 is 6.36 Å². The van der Waals surface area contributed by atoms with Gasteiger partial charge in [0.15, 0.2) is 0 Å². The summed E-state index contributed by atoms with van der Waals surface area (Å²) in [4.78, 5) is 0. The zero-order valence-electron chi connectivity index (χ0n) is 10.1. The Balaban J connectivity index is 0. The van der Waals surface area contributed by atoms with Crippen LogP contribution in [-0.4, -0.2) is 36.0 Å². The number of benzene rings is 1. The van der Waals surface area contributed by atoms with Gasteiger partial charge in [-0.25, -0.2) is 0 Å². The van der Waals surface area contributed by atoms with Gasteiger partial charge in [0, 0.05) is 11.5 Å².